The van der Waals surface area contributed by atoms with Crippen molar-refractivity contribution in [3.05, 3.63) is 35.9 Å². The third kappa shape index (κ3) is 2.79. The van der Waals surface area contributed by atoms with Crippen LogP contribution in [0.4, 0.5) is 4.39 Å². The topological polar surface area (TPSA) is 3.24 Å². The van der Waals surface area contributed by atoms with Crippen LogP contribution in [0.3, 0.4) is 0 Å². The minimum atomic E-state index is -1.10. The predicted octanol–water partition coefficient (Wildman–Crippen LogP) is 2.05. The number of terminal acetylenes is 1. The summed E-state index contributed by atoms with van der Waals surface area (Å²) in [6.45, 7) is 0. The Labute approximate surface area is 78.2 Å². The molecule has 2 heteroatoms. The lowest BCUT2D eigenvalue weighted by Gasteiger charge is -2.16. The highest BCUT2D eigenvalue weighted by Gasteiger charge is 2.09. The van der Waals surface area contributed by atoms with Gasteiger partial charge in [-0.3, -0.25) is 0 Å². The Hall–Kier alpha value is -1.49. The number of halogens is 1. The number of likely N-dealkylation sites (N-methyl/N-ethyl adjacent to an activating group) is 1. The summed E-state index contributed by atoms with van der Waals surface area (Å²) >= 11 is 0. The zero-order valence-corrected chi connectivity index (χ0v) is 7.57. The molecular formula is C11H12FN. The molecule has 68 valence electrons. The number of nitrogens with zero attached hydrogens (tertiary/aromatic N) is 1. The van der Waals surface area contributed by atoms with Gasteiger partial charge in [0.05, 0.1) is 0 Å². The third-order valence-electron chi connectivity index (χ3n) is 1.87. The van der Waals surface area contributed by atoms with Crippen LogP contribution >= 0.6 is 0 Å². The van der Waals surface area contributed by atoms with E-state index < -0.39 is 6.30 Å². The number of rotatable bonds is 3. The van der Waals surface area contributed by atoms with Crippen LogP contribution in [0.1, 0.15) is 5.56 Å². The first-order chi connectivity index (χ1) is 6.24. The van der Waals surface area contributed by atoms with Crippen LogP contribution in [0, 0.1) is 12.5 Å². The number of hydrogen-bond acceptors (Lipinski definition) is 1. The standard InChI is InChI=1S/C11H12FN/c1-3-13(2)11(12)9-10-7-5-4-6-8-10/h1,4-8,11H,9H2,2H3. The quantitative estimate of drug-likeness (QED) is 0.388. The molecule has 0 heterocycles. The molecule has 0 saturated carbocycles. The van der Waals surface area contributed by atoms with Gasteiger partial charge in [0, 0.05) is 19.5 Å². The molecule has 0 aliphatic carbocycles. The normalized spacial score (nSPS) is 11.8. The summed E-state index contributed by atoms with van der Waals surface area (Å²) in [5.74, 6) is 0. The molecule has 13 heavy (non-hydrogen) atoms. The number of alkyl halides is 1. The molecule has 0 spiro atoms. The molecule has 1 rings (SSSR count). The van der Waals surface area contributed by atoms with Gasteiger partial charge in [-0.2, -0.15) is 0 Å². The van der Waals surface area contributed by atoms with Crippen LogP contribution in [-0.2, 0) is 6.42 Å². The Morgan fingerprint density at radius 2 is 2.08 bits per heavy atom. The molecule has 0 aliphatic heterocycles. The fourth-order valence-electron chi connectivity index (χ4n) is 1.03. The van der Waals surface area contributed by atoms with Crippen LogP contribution in [-0.4, -0.2) is 18.2 Å². The van der Waals surface area contributed by atoms with Crippen molar-refractivity contribution in [3.8, 4) is 12.5 Å². The van der Waals surface area contributed by atoms with Gasteiger partial charge in [0.2, 0.25) is 0 Å². The van der Waals surface area contributed by atoms with E-state index in [-0.39, 0.29) is 0 Å². The van der Waals surface area contributed by atoms with E-state index >= 15 is 0 Å². The lowest BCUT2D eigenvalue weighted by atomic mass is 10.1. The predicted molar refractivity (Wildman–Crippen MR) is 51.6 cm³/mol. The van der Waals surface area contributed by atoms with Crippen molar-refractivity contribution in [3.63, 3.8) is 0 Å². The van der Waals surface area contributed by atoms with Gasteiger partial charge in [-0.25, -0.2) is 4.39 Å². The van der Waals surface area contributed by atoms with Crippen molar-refractivity contribution < 1.29 is 4.39 Å². The highest BCUT2D eigenvalue weighted by atomic mass is 19.1. The van der Waals surface area contributed by atoms with Crippen molar-refractivity contribution in [2.75, 3.05) is 7.05 Å². The Morgan fingerprint density at radius 1 is 1.46 bits per heavy atom. The Kier molecular flexibility index (Phi) is 3.33. The molecule has 0 saturated heterocycles. The second-order valence-corrected chi connectivity index (χ2v) is 2.86. The third-order valence-corrected chi connectivity index (χ3v) is 1.87. The first-order valence-corrected chi connectivity index (χ1v) is 4.11. The van der Waals surface area contributed by atoms with Gasteiger partial charge in [-0.1, -0.05) is 36.8 Å². The van der Waals surface area contributed by atoms with E-state index in [2.05, 4.69) is 6.04 Å². The minimum absolute atomic E-state index is 0.335. The summed E-state index contributed by atoms with van der Waals surface area (Å²) in [7, 11) is 1.56. The average molecular weight is 177 g/mol. The second-order valence-electron chi connectivity index (χ2n) is 2.86. The monoisotopic (exact) mass is 177 g/mol. The molecule has 0 radical (unpaired) electrons. The molecule has 0 aromatic heterocycles. The van der Waals surface area contributed by atoms with Gasteiger partial charge in [-0.05, 0) is 5.56 Å². The highest BCUT2D eigenvalue weighted by Crippen LogP contribution is 2.07. The molecule has 0 fully saturated rings. The summed E-state index contributed by atoms with van der Waals surface area (Å²) in [6.07, 6.45) is 4.29. The number of benzene rings is 1. The lowest BCUT2D eigenvalue weighted by molar-refractivity contribution is 0.169. The molecule has 1 unspecified atom stereocenters. The van der Waals surface area contributed by atoms with Crippen molar-refractivity contribution in [2.45, 2.75) is 12.7 Å². The van der Waals surface area contributed by atoms with Gasteiger partial charge in [-0.15, -0.1) is 0 Å². The summed E-state index contributed by atoms with van der Waals surface area (Å²) in [6, 6.07) is 11.7. The van der Waals surface area contributed by atoms with E-state index in [1.165, 1.54) is 4.90 Å². The van der Waals surface area contributed by atoms with E-state index in [4.69, 9.17) is 6.42 Å². The van der Waals surface area contributed by atoms with Gasteiger partial charge in [0.1, 0.15) is 0 Å². The molecule has 1 aromatic carbocycles. The Bertz CT molecular complexity index is 289. The van der Waals surface area contributed by atoms with E-state index in [0.29, 0.717) is 6.42 Å². The van der Waals surface area contributed by atoms with Crippen LogP contribution < -0.4 is 0 Å². The van der Waals surface area contributed by atoms with Crippen molar-refractivity contribution in [1.82, 2.24) is 4.90 Å². The van der Waals surface area contributed by atoms with Gasteiger partial charge in [0.25, 0.3) is 0 Å². The smallest absolute Gasteiger partial charge is 0.182 e. The molecule has 1 atom stereocenters. The molecule has 0 N–H and O–H groups in total. The van der Waals surface area contributed by atoms with Gasteiger partial charge < -0.3 is 4.90 Å². The zero-order valence-electron chi connectivity index (χ0n) is 7.57. The maximum absolute atomic E-state index is 13.3. The average Bonchev–Trinajstić information content (AvgIpc) is 2.18. The molecule has 1 nitrogen and oxygen atoms in total. The van der Waals surface area contributed by atoms with Crippen LogP contribution in [0.25, 0.3) is 0 Å². The van der Waals surface area contributed by atoms with E-state index in [1.807, 2.05) is 30.3 Å². The molecule has 0 aliphatic rings. The molecule has 1 aromatic rings. The second kappa shape index (κ2) is 4.51. The summed E-state index contributed by atoms with van der Waals surface area (Å²) < 4.78 is 13.3. The largest absolute Gasteiger partial charge is 0.304 e. The maximum atomic E-state index is 13.3. The van der Waals surface area contributed by atoms with E-state index in [9.17, 15) is 4.39 Å². The first-order valence-electron chi connectivity index (χ1n) is 4.11. The fraction of sp³-hybridized carbons (Fsp3) is 0.273. The van der Waals surface area contributed by atoms with Crippen molar-refractivity contribution >= 4 is 0 Å². The molecule has 0 bridgehead atoms. The van der Waals surface area contributed by atoms with Crippen molar-refractivity contribution in [2.24, 2.45) is 0 Å². The van der Waals surface area contributed by atoms with Gasteiger partial charge in [0.15, 0.2) is 6.30 Å². The van der Waals surface area contributed by atoms with Gasteiger partial charge >= 0.3 is 0 Å². The summed E-state index contributed by atoms with van der Waals surface area (Å²) in [5, 5.41) is 0. The Balaban J connectivity index is 2.56. The SMILES string of the molecule is C#CN(C)C(F)Cc1ccccc1. The fourth-order valence-corrected chi connectivity index (χ4v) is 1.03. The van der Waals surface area contributed by atoms with Crippen LogP contribution in [0.15, 0.2) is 30.3 Å². The van der Waals surface area contributed by atoms with E-state index in [1.54, 1.807) is 7.05 Å². The maximum Gasteiger partial charge on any atom is 0.182 e. The summed E-state index contributed by atoms with van der Waals surface area (Å²) in [5.41, 5.74) is 0.956. The molecular weight excluding hydrogens is 165 g/mol. The van der Waals surface area contributed by atoms with Crippen molar-refractivity contribution in [1.29, 1.82) is 0 Å². The number of hydrogen-bond donors (Lipinski definition) is 0. The lowest BCUT2D eigenvalue weighted by Crippen LogP contribution is -2.24. The van der Waals surface area contributed by atoms with Crippen LogP contribution in [0.5, 0.6) is 0 Å². The summed E-state index contributed by atoms with van der Waals surface area (Å²) in [4.78, 5) is 1.23. The zero-order chi connectivity index (χ0) is 9.68. The van der Waals surface area contributed by atoms with E-state index in [0.717, 1.165) is 5.56 Å². The highest BCUT2D eigenvalue weighted by molar-refractivity contribution is 5.15. The minimum Gasteiger partial charge on any atom is -0.304 e. The first kappa shape index (κ1) is 9.60. The molecule has 0 amide bonds. The Morgan fingerprint density at radius 3 is 2.62 bits per heavy atom. The van der Waals surface area contributed by atoms with Crippen LogP contribution in [0.2, 0.25) is 0 Å².